The van der Waals surface area contributed by atoms with Crippen molar-refractivity contribution < 1.29 is 14.3 Å². The molecule has 0 atom stereocenters. The van der Waals surface area contributed by atoms with Crippen LogP contribution in [0, 0.1) is 0 Å². The highest BCUT2D eigenvalue weighted by molar-refractivity contribution is 7.80. The minimum absolute atomic E-state index is 0.0880. The van der Waals surface area contributed by atoms with Crippen LogP contribution in [0.2, 0.25) is 5.02 Å². The highest BCUT2D eigenvalue weighted by Gasteiger charge is 2.20. The van der Waals surface area contributed by atoms with Gasteiger partial charge in [0.2, 0.25) is 5.91 Å². The number of amides is 2. The van der Waals surface area contributed by atoms with Gasteiger partial charge >= 0.3 is 0 Å². The average Bonchev–Trinajstić information content (AvgIpc) is 2.73. The number of ether oxygens (including phenoxy) is 1. The van der Waals surface area contributed by atoms with Gasteiger partial charge in [0.25, 0.3) is 5.91 Å². The van der Waals surface area contributed by atoms with E-state index >= 15 is 0 Å². The fraction of sp³-hybridized carbons (Fsp3) is 0.286. The van der Waals surface area contributed by atoms with E-state index in [1.165, 1.54) is 0 Å². The van der Waals surface area contributed by atoms with E-state index in [2.05, 4.69) is 15.5 Å². The predicted molar refractivity (Wildman–Crippen MR) is 122 cm³/mol. The Morgan fingerprint density at radius 1 is 1.10 bits per heavy atom. The van der Waals surface area contributed by atoms with Crippen LogP contribution >= 0.6 is 23.8 Å². The van der Waals surface area contributed by atoms with Gasteiger partial charge in [-0.1, -0.05) is 29.8 Å². The molecule has 1 heterocycles. The van der Waals surface area contributed by atoms with Crippen LogP contribution in [0.4, 0.5) is 11.4 Å². The van der Waals surface area contributed by atoms with Gasteiger partial charge < -0.3 is 19.9 Å². The van der Waals surface area contributed by atoms with Crippen LogP contribution in [-0.4, -0.2) is 54.6 Å². The molecule has 9 heteroatoms. The molecule has 0 saturated carbocycles. The number of rotatable bonds is 5. The van der Waals surface area contributed by atoms with Crippen LogP contribution < -0.4 is 20.3 Å². The fourth-order valence-electron chi connectivity index (χ4n) is 3.09. The molecule has 2 amide bonds. The molecule has 0 unspecified atom stereocenters. The van der Waals surface area contributed by atoms with Gasteiger partial charge in [-0.25, -0.2) is 0 Å². The summed E-state index contributed by atoms with van der Waals surface area (Å²) in [5.74, 6) is 0.338. The first-order valence-electron chi connectivity index (χ1n) is 9.51. The van der Waals surface area contributed by atoms with Crippen LogP contribution in [0.15, 0.2) is 48.5 Å². The van der Waals surface area contributed by atoms with Crippen molar-refractivity contribution in [1.82, 2.24) is 10.2 Å². The summed E-state index contributed by atoms with van der Waals surface area (Å²) in [6, 6.07) is 14.6. The van der Waals surface area contributed by atoms with Gasteiger partial charge in [-0.15, -0.1) is 0 Å². The van der Waals surface area contributed by atoms with Gasteiger partial charge in [0.15, 0.2) is 11.7 Å². The molecule has 7 nitrogen and oxygen atoms in total. The van der Waals surface area contributed by atoms with E-state index in [0.29, 0.717) is 29.5 Å². The number of para-hydroxylation sites is 1. The van der Waals surface area contributed by atoms with Crippen molar-refractivity contribution in [2.45, 2.75) is 6.92 Å². The summed E-state index contributed by atoms with van der Waals surface area (Å²) in [7, 11) is 0. The first kappa shape index (κ1) is 21.9. The Morgan fingerprint density at radius 2 is 1.80 bits per heavy atom. The van der Waals surface area contributed by atoms with Crippen molar-refractivity contribution in [3.63, 3.8) is 0 Å². The molecule has 0 radical (unpaired) electrons. The summed E-state index contributed by atoms with van der Waals surface area (Å²) in [6.45, 7) is 4.24. The minimum atomic E-state index is -0.359. The number of piperazine rings is 1. The molecule has 1 aliphatic rings. The SMILES string of the molecule is CC(=O)N1CCN(c2ccc(NC(=S)NC(=O)COc3ccccc3)cc2Cl)CC1. The molecule has 1 saturated heterocycles. The van der Waals surface area contributed by atoms with Gasteiger partial charge in [-0.3, -0.25) is 14.9 Å². The summed E-state index contributed by atoms with van der Waals surface area (Å²) >= 11 is 11.6. The van der Waals surface area contributed by atoms with E-state index in [1.807, 2.05) is 35.2 Å². The van der Waals surface area contributed by atoms with Gasteiger partial charge in [0, 0.05) is 38.8 Å². The van der Waals surface area contributed by atoms with Crippen molar-refractivity contribution in [3.05, 3.63) is 53.6 Å². The minimum Gasteiger partial charge on any atom is -0.484 e. The lowest BCUT2D eigenvalue weighted by molar-refractivity contribution is -0.129. The normalized spacial score (nSPS) is 13.5. The lowest BCUT2D eigenvalue weighted by atomic mass is 10.2. The van der Waals surface area contributed by atoms with Gasteiger partial charge in [0.1, 0.15) is 5.75 Å². The quantitative estimate of drug-likeness (QED) is 0.688. The lowest BCUT2D eigenvalue weighted by Crippen LogP contribution is -2.48. The summed E-state index contributed by atoms with van der Waals surface area (Å²) in [5.41, 5.74) is 1.57. The van der Waals surface area contributed by atoms with E-state index in [9.17, 15) is 9.59 Å². The van der Waals surface area contributed by atoms with Crippen LogP contribution in [0.5, 0.6) is 5.75 Å². The first-order chi connectivity index (χ1) is 14.4. The Balaban J connectivity index is 1.49. The molecule has 2 aromatic rings. The zero-order valence-corrected chi connectivity index (χ0v) is 18.1. The molecule has 30 heavy (non-hydrogen) atoms. The summed E-state index contributed by atoms with van der Waals surface area (Å²) < 4.78 is 5.39. The number of benzene rings is 2. The highest BCUT2D eigenvalue weighted by Crippen LogP contribution is 2.29. The Morgan fingerprint density at radius 3 is 2.43 bits per heavy atom. The van der Waals surface area contributed by atoms with E-state index in [-0.39, 0.29) is 23.5 Å². The van der Waals surface area contributed by atoms with Crippen molar-refractivity contribution >= 4 is 52.1 Å². The number of hydrogen-bond donors (Lipinski definition) is 2. The Hall–Kier alpha value is -2.84. The third-order valence-corrected chi connectivity index (χ3v) is 5.14. The second-order valence-corrected chi connectivity index (χ2v) is 7.58. The van der Waals surface area contributed by atoms with Crippen molar-refractivity contribution in [2.75, 3.05) is 43.0 Å². The van der Waals surface area contributed by atoms with Crippen LogP contribution in [0.25, 0.3) is 0 Å². The second kappa shape index (κ2) is 10.3. The molecule has 0 spiro atoms. The van der Waals surface area contributed by atoms with E-state index in [4.69, 9.17) is 28.6 Å². The maximum absolute atomic E-state index is 12.0. The maximum atomic E-state index is 12.0. The number of halogens is 1. The molecule has 3 rings (SSSR count). The maximum Gasteiger partial charge on any atom is 0.264 e. The number of hydrogen-bond acceptors (Lipinski definition) is 5. The fourth-order valence-corrected chi connectivity index (χ4v) is 3.63. The number of thiocarbonyl (C=S) groups is 1. The highest BCUT2D eigenvalue weighted by atomic mass is 35.5. The molecular weight excluding hydrogens is 424 g/mol. The van der Waals surface area contributed by atoms with E-state index < -0.39 is 0 Å². The smallest absolute Gasteiger partial charge is 0.264 e. The summed E-state index contributed by atoms with van der Waals surface area (Å²) in [4.78, 5) is 27.4. The molecule has 1 fully saturated rings. The lowest BCUT2D eigenvalue weighted by Gasteiger charge is -2.36. The molecule has 0 aliphatic carbocycles. The van der Waals surface area contributed by atoms with Crippen LogP contribution in [0.3, 0.4) is 0 Å². The Bertz CT molecular complexity index is 918. The number of nitrogens with zero attached hydrogens (tertiary/aromatic N) is 2. The monoisotopic (exact) mass is 446 g/mol. The summed E-state index contributed by atoms with van der Waals surface area (Å²) in [6.07, 6.45) is 0. The average molecular weight is 447 g/mol. The van der Waals surface area contributed by atoms with Gasteiger partial charge in [0.05, 0.1) is 10.7 Å². The second-order valence-electron chi connectivity index (χ2n) is 6.76. The molecule has 0 bridgehead atoms. The third-order valence-electron chi connectivity index (χ3n) is 4.64. The molecule has 0 aromatic heterocycles. The van der Waals surface area contributed by atoms with Gasteiger partial charge in [-0.2, -0.15) is 0 Å². The first-order valence-corrected chi connectivity index (χ1v) is 10.3. The van der Waals surface area contributed by atoms with Crippen molar-refractivity contribution in [3.8, 4) is 5.75 Å². The third kappa shape index (κ3) is 6.08. The van der Waals surface area contributed by atoms with Crippen molar-refractivity contribution in [2.24, 2.45) is 0 Å². The number of nitrogens with one attached hydrogen (secondary N) is 2. The van der Waals surface area contributed by atoms with E-state index in [1.54, 1.807) is 25.1 Å². The number of anilines is 2. The molecule has 2 aromatic carbocycles. The largest absolute Gasteiger partial charge is 0.484 e. The van der Waals surface area contributed by atoms with Crippen molar-refractivity contribution in [1.29, 1.82) is 0 Å². The number of carbonyl (C=O) groups is 2. The van der Waals surface area contributed by atoms with Crippen LogP contribution in [-0.2, 0) is 9.59 Å². The standard InChI is InChI=1S/C21H23ClN4O3S/c1-15(27)25-9-11-26(12-10-25)19-8-7-16(13-18(19)22)23-21(30)24-20(28)14-29-17-5-3-2-4-6-17/h2-8,13H,9-12,14H2,1H3,(H2,23,24,28,30). The molecular formula is C21H23ClN4O3S. The van der Waals surface area contributed by atoms with Crippen LogP contribution in [0.1, 0.15) is 6.92 Å². The van der Waals surface area contributed by atoms with Gasteiger partial charge in [-0.05, 0) is 42.5 Å². The zero-order chi connectivity index (χ0) is 21.5. The Kier molecular flexibility index (Phi) is 7.48. The Labute approximate surface area is 185 Å². The predicted octanol–water partition coefficient (Wildman–Crippen LogP) is 2.90. The molecule has 1 aliphatic heterocycles. The zero-order valence-electron chi connectivity index (χ0n) is 16.6. The topological polar surface area (TPSA) is 73.9 Å². The molecule has 2 N–H and O–H groups in total. The number of carbonyl (C=O) groups excluding carboxylic acids is 2. The molecule has 158 valence electrons. The van der Waals surface area contributed by atoms with E-state index in [0.717, 1.165) is 18.8 Å². The summed E-state index contributed by atoms with van der Waals surface area (Å²) in [5, 5.41) is 6.26.